The summed E-state index contributed by atoms with van der Waals surface area (Å²) < 4.78 is 44.8. The highest BCUT2D eigenvalue weighted by molar-refractivity contribution is 5.98. The first-order chi connectivity index (χ1) is 21.1. The number of esters is 1. The van der Waals surface area contributed by atoms with E-state index < -0.39 is 17.7 Å². The molecule has 0 N–H and O–H groups in total. The van der Waals surface area contributed by atoms with Crippen LogP contribution in [0.3, 0.4) is 0 Å². The molecule has 2 aliphatic rings. The molecule has 0 fully saturated rings. The van der Waals surface area contributed by atoms with Gasteiger partial charge in [0.2, 0.25) is 11.8 Å². The maximum atomic E-state index is 13.7. The van der Waals surface area contributed by atoms with Crippen LogP contribution in [0.1, 0.15) is 53.7 Å². The summed E-state index contributed by atoms with van der Waals surface area (Å²) in [6, 6.07) is 16.6. The molecule has 44 heavy (non-hydrogen) atoms. The molecule has 6 nitrogen and oxygen atoms in total. The van der Waals surface area contributed by atoms with Crippen molar-refractivity contribution in [2.45, 2.75) is 45.8 Å². The van der Waals surface area contributed by atoms with Gasteiger partial charge in [0.25, 0.3) is 0 Å². The van der Waals surface area contributed by atoms with Crippen molar-refractivity contribution in [1.29, 1.82) is 0 Å². The summed E-state index contributed by atoms with van der Waals surface area (Å²) in [7, 11) is 0. The van der Waals surface area contributed by atoms with E-state index in [1.807, 2.05) is 37.0 Å². The zero-order valence-corrected chi connectivity index (χ0v) is 24.8. The standard InChI is InChI=1S/C35H35F3N2O4/c1-3-39(4-2)32(41)29-10-6-7-11-30(29)33(42)40-20-19-24-21-27(18-15-25(24)22-40)44-34(43)31-12-8-5-9-28(31)23-13-16-26(17-14-23)35(36,37)38/h5-9,12-18,21,29-30H,3-4,10-11,19-20,22H2,1-2H3. The van der Waals surface area contributed by atoms with Crippen molar-refractivity contribution in [3.8, 4) is 16.9 Å². The summed E-state index contributed by atoms with van der Waals surface area (Å²) in [5, 5.41) is 0. The molecular weight excluding hydrogens is 569 g/mol. The van der Waals surface area contributed by atoms with Crippen LogP contribution in [-0.4, -0.2) is 47.2 Å². The highest BCUT2D eigenvalue weighted by atomic mass is 19.4. The molecule has 3 aromatic rings. The van der Waals surface area contributed by atoms with Crippen molar-refractivity contribution in [1.82, 2.24) is 9.80 Å². The fourth-order valence-electron chi connectivity index (χ4n) is 6.06. The lowest BCUT2D eigenvalue weighted by Gasteiger charge is -2.36. The SMILES string of the molecule is CCN(CC)C(=O)C1CC=CCC1C(=O)N1CCc2cc(OC(=O)c3ccccc3-c3ccc(C(F)(F)F)cc3)ccc2C1. The summed E-state index contributed by atoms with van der Waals surface area (Å²) in [5.41, 5.74) is 2.32. The number of nitrogens with zero attached hydrogens (tertiary/aromatic N) is 2. The van der Waals surface area contributed by atoms with Gasteiger partial charge >= 0.3 is 12.1 Å². The molecule has 1 aliphatic heterocycles. The number of fused-ring (bicyclic) bond motifs is 1. The minimum absolute atomic E-state index is 0.0131. The Morgan fingerprint density at radius 3 is 2.25 bits per heavy atom. The third-order valence-electron chi connectivity index (χ3n) is 8.52. The second kappa shape index (κ2) is 13.1. The van der Waals surface area contributed by atoms with E-state index >= 15 is 0 Å². The average molecular weight is 605 g/mol. The van der Waals surface area contributed by atoms with Crippen LogP contribution in [-0.2, 0) is 28.7 Å². The topological polar surface area (TPSA) is 66.9 Å². The molecular formula is C35H35F3N2O4. The zero-order chi connectivity index (χ0) is 31.4. The van der Waals surface area contributed by atoms with Crippen LogP contribution in [0.2, 0.25) is 0 Å². The first-order valence-electron chi connectivity index (χ1n) is 14.9. The summed E-state index contributed by atoms with van der Waals surface area (Å²) in [5.74, 6) is -1.01. The van der Waals surface area contributed by atoms with E-state index in [4.69, 9.17) is 4.74 Å². The van der Waals surface area contributed by atoms with Crippen LogP contribution in [0.4, 0.5) is 13.2 Å². The van der Waals surface area contributed by atoms with Gasteiger partial charge in [0.1, 0.15) is 5.75 Å². The van der Waals surface area contributed by atoms with Gasteiger partial charge in [-0.2, -0.15) is 13.2 Å². The lowest BCUT2D eigenvalue weighted by molar-refractivity contribution is -0.147. The normalized spacial score (nSPS) is 18.0. The Balaban J connectivity index is 1.28. The van der Waals surface area contributed by atoms with Crippen molar-refractivity contribution in [2.24, 2.45) is 11.8 Å². The van der Waals surface area contributed by atoms with Crippen LogP contribution >= 0.6 is 0 Å². The summed E-state index contributed by atoms with van der Waals surface area (Å²) in [6.07, 6.45) is 1.21. The molecule has 230 valence electrons. The van der Waals surface area contributed by atoms with E-state index in [1.54, 1.807) is 41.3 Å². The van der Waals surface area contributed by atoms with Gasteiger partial charge in [-0.15, -0.1) is 0 Å². The number of carbonyl (C=O) groups excluding carboxylic acids is 3. The molecule has 0 bridgehead atoms. The minimum atomic E-state index is -4.45. The molecule has 9 heteroatoms. The Labute approximate surface area is 255 Å². The Bertz CT molecular complexity index is 1560. The molecule has 2 amide bonds. The number of rotatable bonds is 7. The highest BCUT2D eigenvalue weighted by Crippen LogP contribution is 2.34. The van der Waals surface area contributed by atoms with Gasteiger partial charge in [-0.05, 0) is 85.7 Å². The first-order valence-corrected chi connectivity index (χ1v) is 14.9. The van der Waals surface area contributed by atoms with Crippen LogP contribution in [0.25, 0.3) is 11.1 Å². The molecule has 0 radical (unpaired) electrons. The predicted octanol–water partition coefficient (Wildman–Crippen LogP) is 6.93. The summed E-state index contributed by atoms with van der Waals surface area (Å²) >= 11 is 0. The Hall–Kier alpha value is -4.40. The van der Waals surface area contributed by atoms with Crippen LogP contribution in [0, 0.1) is 11.8 Å². The van der Waals surface area contributed by atoms with Gasteiger partial charge in [0.15, 0.2) is 0 Å². The van der Waals surface area contributed by atoms with E-state index in [1.165, 1.54) is 12.1 Å². The van der Waals surface area contributed by atoms with Gasteiger partial charge < -0.3 is 14.5 Å². The van der Waals surface area contributed by atoms with Gasteiger partial charge in [-0.3, -0.25) is 9.59 Å². The Morgan fingerprint density at radius 1 is 0.886 bits per heavy atom. The molecule has 3 aromatic carbocycles. The minimum Gasteiger partial charge on any atom is -0.423 e. The number of halogens is 3. The van der Waals surface area contributed by atoms with Crippen molar-refractivity contribution >= 4 is 17.8 Å². The molecule has 2 atom stereocenters. The molecule has 0 aromatic heterocycles. The van der Waals surface area contributed by atoms with Crippen LogP contribution in [0.15, 0.2) is 78.9 Å². The monoisotopic (exact) mass is 604 g/mol. The molecule has 0 spiro atoms. The maximum Gasteiger partial charge on any atom is 0.416 e. The molecule has 1 aliphatic carbocycles. The zero-order valence-electron chi connectivity index (χ0n) is 24.8. The largest absolute Gasteiger partial charge is 0.423 e. The van der Waals surface area contributed by atoms with E-state index in [9.17, 15) is 27.6 Å². The van der Waals surface area contributed by atoms with E-state index in [2.05, 4.69) is 0 Å². The number of ether oxygens (including phenoxy) is 1. The second-order valence-corrected chi connectivity index (χ2v) is 11.1. The molecule has 1 heterocycles. The third-order valence-corrected chi connectivity index (χ3v) is 8.52. The molecule has 0 saturated heterocycles. The number of hydrogen-bond donors (Lipinski definition) is 0. The fourth-order valence-corrected chi connectivity index (χ4v) is 6.06. The van der Waals surface area contributed by atoms with Crippen molar-refractivity contribution in [3.05, 3.63) is 101 Å². The van der Waals surface area contributed by atoms with E-state index in [0.717, 1.165) is 23.3 Å². The highest BCUT2D eigenvalue weighted by Gasteiger charge is 2.38. The maximum absolute atomic E-state index is 13.7. The number of hydrogen-bond acceptors (Lipinski definition) is 4. The van der Waals surface area contributed by atoms with E-state index in [0.29, 0.717) is 62.3 Å². The van der Waals surface area contributed by atoms with Crippen molar-refractivity contribution < 1.29 is 32.3 Å². The van der Waals surface area contributed by atoms with E-state index in [-0.39, 0.29) is 29.2 Å². The number of amides is 2. The van der Waals surface area contributed by atoms with Crippen LogP contribution < -0.4 is 4.74 Å². The van der Waals surface area contributed by atoms with Crippen LogP contribution in [0.5, 0.6) is 5.75 Å². The molecule has 5 rings (SSSR count). The number of benzene rings is 3. The van der Waals surface area contributed by atoms with Gasteiger partial charge in [0, 0.05) is 26.2 Å². The summed E-state index contributed by atoms with van der Waals surface area (Å²) in [6.45, 7) is 6.02. The lowest BCUT2D eigenvalue weighted by atomic mass is 9.80. The fraction of sp³-hybridized carbons (Fsp3) is 0.343. The quantitative estimate of drug-likeness (QED) is 0.167. The van der Waals surface area contributed by atoms with Gasteiger partial charge in [-0.25, -0.2) is 4.79 Å². The van der Waals surface area contributed by atoms with Crippen molar-refractivity contribution in [2.75, 3.05) is 19.6 Å². The first kappa shape index (κ1) is 31.0. The Morgan fingerprint density at radius 2 is 1.57 bits per heavy atom. The van der Waals surface area contributed by atoms with Crippen molar-refractivity contribution in [3.63, 3.8) is 0 Å². The third kappa shape index (κ3) is 6.56. The lowest BCUT2D eigenvalue weighted by Crippen LogP contribution is -2.47. The number of carbonyl (C=O) groups is 3. The predicted molar refractivity (Wildman–Crippen MR) is 161 cm³/mol. The molecule has 2 unspecified atom stereocenters. The number of allylic oxidation sites excluding steroid dienone is 2. The number of alkyl halides is 3. The average Bonchev–Trinajstić information content (AvgIpc) is 3.04. The Kier molecular flexibility index (Phi) is 9.22. The smallest absolute Gasteiger partial charge is 0.416 e. The van der Waals surface area contributed by atoms with Gasteiger partial charge in [0.05, 0.1) is 23.0 Å². The molecule has 0 saturated carbocycles. The second-order valence-electron chi connectivity index (χ2n) is 11.1. The summed E-state index contributed by atoms with van der Waals surface area (Å²) in [4.78, 5) is 43.7. The van der Waals surface area contributed by atoms with Gasteiger partial charge in [-0.1, -0.05) is 48.6 Å².